The van der Waals surface area contributed by atoms with Crippen LogP contribution in [0.2, 0.25) is 0 Å². The van der Waals surface area contributed by atoms with Gasteiger partial charge in [-0.25, -0.2) is 9.97 Å². The molecule has 1 amide bonds. The van der Waals surface area contributed by atoms with Gasteiger partial charge in [0.05, 0.1) is 23.7 Å². The highest BCUT2D eigenvalue weighted by Crippen LogP contribution is 2.22. The lowest BCUT2D eigenvalue weighted by atomic mass is 10.0. The lowest BCUT2D eigenvalue weighted by molar-refractivity contribution is 0.0787. The third-order valence-corrected chi connectivity index (χ3v) is 4.76. The van der Waals surface area contributed by atoms with Gasteiger partial charge in [-0.05, 0) is 18.8 Å². The Bertz CT molecular complexity index is 929. The maximum Gasteiger partial charge on any atom is 0.257 e. The highest BCUT2D eigenvalue weighted by Gasteiger charge is 2.28. The van der Waals surface area contributed by atoms with Crippen LogP contribution in [0.15, 0.2) is 37.2 Å². The summed E-state index contributed by atoms with van der Waals surface area (Å²) in [5.41, 5.74) is 2.35. The van der Waals surface area contributed by atoms with Crippen molar-refractivity contribution in [1.29, 1.82) is 0 Å². The van der Waals surface area contributed by atoms with E-state index in [4.69, 9.17) is 4.98 Å². The fourth-order valence-corrected chi connectivity index (χ4v) is 3.42. The summed E-state index contributed by atoms with van der Waals surface area (Å²) in [5.74, 6) is 1.24. The number of nitrogens with zero attached hydrogens (tertiary/aromatic N) is 7. The van der Waals surface area contributed by atoms with E-state index in [0.717, 1.165) is 43.1 Å². The van der Waals surface area contributed by atoms with E-state index in [-0.39, 0.29) is 5.91 Å². The van der Waals surface area contributed by atoms with Gasteiger partial charge in [-0.3, -0.25) is 14.5 Å². The molecule has 0 bridgehead atoms. The highest BCUT2D eigenvalue weighted by atomic mass is 16.2. The fourth-order valence-electron chi connectivity index (χ4n) is 3.42. The molecule has 3 aromatic heterocycles. The summed E-state index contributed by atoms with van der Waals surface area (Å²) in [6.07, 6.45) is 12.3. The lowest BCUT2D eigenvalue weighted by Crippen LogP contribution is -2.28. The molecule has 0 aromatic carbocycles. The van der Waals surface area contributed by atoms with Gasteiger partial charge in [0.2, 0.25) is 0 Å². The molecule has 0 spiro atoms. The standard InChI is InChI=1S/C18H21N7O/c1-23-6-4-20-17(23)16-10-19-9-15(22-16)7-13-3-5-25(11-13)18(26)14-8-21-24(2)12-14/h4,6,8-10,12-13H,3,5,7,11H2,1-2H3/t13-/m0/s1. The van der Waals surface area contributed by atoms with Crippen LogP contribution in [-0.4, -0.2) is 53.2 Å². The monoisotopic (exact) mass is 351 g/mol. The van der Waals surface area contributed by atoms with Gasteiger partial charge >= 0.3 is 0 Å². The molecule has 0 radical (unpaired) electrons. The molecule has 1 aliphatic heterocycles. The molecule has 0 N–H and O–H groups in total. The van der Waals surface area contributed by atoms with Gasteiger partial charge in [0.25, 0.3) is 5.91 Å². The zero-order chi connectivity index (χ0) is 18.1. The van der Waals surface area contributed by atoms with E-state index in [1.807, 2.05) is 29.8 Å². The van der Waals surface area contributed by atoms with Gasteiger partial charge in [0, 0.05) is 52.0 Å². The summed E-state index contributed by atoms with van der Waals surface area (Å²) >= 11 is 0. The molecule has 0 aliphatic carbocycles. The third kappa shape index (κ3) is 3.22. The van der Waals surface area contributed by atoms with E-state index >= 15 is 0 Å². The summed E-state index contributed by atoms with van der Waals surface area (Å²) < 4.78 is 3.58. The quantitative estimate of drug-likeness (QED) is 0.708. The maximum absolute atomic E-state index is 12.5. The molecule has 0 saturated carbocycles. The average molecular weight is 351 g/mol. The first-order chi connectivity index (χ1) is 12.6. The van der Waals surface area contributed by atoms with Gasteiger partial charge in [0.15, 0.2) is 5.82 Å². The number of carbonyl (C=O) groups excluding carboxylic acids is 1. The van der Waals surface area contributed by atoms with E-state index < -0.39 is 0 Å². The predicted molar refractivity (Wildman–Crippen MR) is 95.2 cm³/mol. The number of hydrogen-bond acceptors (Lipinski definition) is 5. The van der Waals surface area contributed by atoms with E-state index in [1.54, 1.807) is 35.7 Å². The zero-order valence-electron chi connectivity index (χ0n) is 14.9. The second-order valence-electron chi connectivity index (χ2n) is 6.77. The molecule has 1 fully saturated rings. The number of likely N-dealkylation sites (tertiary alicyclic amines) is 1. The van der Waals surface area contributed by atoms with Crippen molar-refractivity contribution in [3.05, 3.63) is 48.4 Å². The van der Waals surface area contributed by atoms with Crippen LogP contribution >= 0.6 is 0 Å². The molecular formula is C18H21N7O. The molecule has 4 rings (SSSR count). The number of aryl methyl sites for hydroxylation is 2. The molecule has 134 valence electrons. The Hall–Kier alpha value is -3.03. The molecule has 8 nitrogen and oxygen atoms in total. The van der Waals surface area contributed by atoms with Crippen molar-refractivity contribution in [2.75, 3.05) is 13.1 Å². The Morgan fingerprint density at radius 3 is 2.88 bits per heavy atom. The number of aromatic nitrogens is 6. The molecule has 4 heterocycles. The van der Waals surface area contributed by atoms with Crippen molar-refractivity contribution in [2.24, 2.45) is 20.0 Å². The molecule has 1 saturated heterocycles. The van der Waals surface area contributed by atoms with Gasteiger partial charge in [-0.1, -0.05) is 0 Å². The van der Waals surface area contributed by atoms with Crippen LogP contribution in [0.5, 0.6) is 0 Å². The Kier molecular flexibility index (Phi) is 4.24. The Labute approximate surface area is 151 Å². The van der Waals surface area contributed by atoms with E-state index in [1.165, 1.54) is 0 Å². The molecule has 0 unspecified atom stereocenters. The number of hydrogen-bond donors (Lipinski definition) is 0. The fraction of sp³-hybridized carbons (Fsp3) is 0.389. The summed E-state index contributed by atoms with van der Waals surface area (Å²) in [4.78, 5) is 27.8. The van der Waals surface area contributed by atoms with Gasteiger partial charge in [-0.15, -0.1) is 0 Å². The summed E-state index contributed by atoms with van der Waals surface area (Å²) in [5, 5.41) is 4.08. The van der Waals surface area contributed by atoms with Crippen molar-refractivity contribution < 1.29 is 4.79 Å². The molecule has 8 heteroatoms. The Morgan fingerprint density at radius 1 is 1.27 bits per heavy atom. The summed E-state index contributed by atoms with van der Waals surface area (Å²) in [7, 11) is 3.76. The number of imidazole rings is 1. The smallest absolute Gasteiger partial charge is 0.257 e. The molecule has 26 heavy (non-hydrogen) atoms. The van der Waals surface area contributed by atoms with Crippen LogP contribution < -0.4 is 0 Å². The molecule has 3 aromatic rings. The minimum atomic E-state index is 0.0495. The minimum absolute atomic E-state index is 0.0495. The second kappa shape index (κ2) is 6.70. The largest absolute Gasteiger partial charge is 0.338 e. The van der Waals surface area contributed by atoms with Crippen LogP contribution in [-0.2, 0) is 20.5 Å². The van der Waals surface area contributed by atoms with E-state index in [2.05, 4.69) is 15.1 Å². The van der Waals surface area contributed by atoms with Gasteiger partial charge in [0.1, 0.15) is 5.69 Å². The Morgan fingerprint density at radius 2 is 2.15 bits per heavy atom. The lowest BCUT2D eigenvalue weighted by Gasteiger charge is -2.15. The normalized spacial score (nSPS) is 17.0. The Balaban J connectivity index is 1.43. The predicted octanol–water partition coefficient (Wildman–Crippen LogP) is 1.32. The first kappa shape index (κ1) is 16.4. The van der Waals surface area contributed by atoms with Crippen LogP contribution in [0.25, 0.3) is 11.5 Å². The van der Waals surface area contributed by atoms with Crippen LogP contribution in [0, 0.1) is 5.92 Å². The van der Waals surface area contributed by atoms with Gasteiger partial charge in [-0.2, -0.15) is 5.10 Å². The first-order valence-electron chi connectivity index (χ1n) is 8.66. The summed E-state index contributed by atoms with van der Waals surface area (Å²) in [6, 6.07) is 0. The molecule has 1 aliphatic rings. The third-order valence-electron chi connectivity index (χ3n) is 4.76. The number of rotatable bonds is 4. The maximum atomic E-state index is 12.5. The topological polar surface area (TPSA) is 81.7 Å². The average Bonchev–Trinajstić information content (AvgIpc) is 3.36. The molecular weight excluding hydrogens is 330 g/mol. The van der Waals surface area contributed by atoms with Crippen LogP contribution in [0.1, 0.15) is 22.5 Å². The van der Waals surface area contributed by atoms with Crippen molar-refractivity contribution in [3.63, 3.8) is 0 Å². The summed E-state index contributed by atoms with van der Waals surface area (Å²) in [6.45, 7) is 1.51. The van der Waals surface area contributed by atoms with Gasteiger partial charge < -0.3 is 9.47 Å². The minimum Gasteiger partial charge on any atom is -0.338 e. The highest BCUT2D eigenvalue weighted by molar-refractivity contribution is 5.93. The van der Waals surface area contributed by atoms with Crippen molar-refractivity contribution in [2.45, 2.75) is 12.8 Å². The van der Waals surface area contributed by atoms with Crippen molar-refractivity contribution in [3.8, 4) is 11.5 Å². The van der Waals surface area contributed by atoms with Crippen molar-refractivity contribution in [1.82, 2.24) is 34.2 Å². The SMILES string of the molecule is Cn1cc(C(=O)N2CC[C@@H](Cc3cncc(-c4nccn4C)n3)C2)cn1. The van der Waals surface area contributed by atoms with E-state index in [0.29, 0.717) is 11.5 Å². The first-order valence-corrected chi connectivity index (χ1v) is 8.66. The number of amides is 1. The van der Waals surface area contributed by atoms with Crippen LogP contribution in [0.3, 0.4) is 0 Å². The molecule has 1 atom stereocenters. The van der Waals surface area contributed by atoms with Crippen LogP contribution in [0.4, 0.5) is 0 Å². The van der Waals surface area contributed by atoms with Crippen molar-refractivity contribution >= 4 is 5.91 Å². The zero-order valence-corrected chi connectivity index (χ0v) is 14.9. The second-order valence-corrected chi connectivity index (χ2v) is 6.77. The van der Waals surface area contributed by atoms with E-state index in [9.17, 15) is 4.79 Å². The number of carbonyl (C=O) groups is 1.